The summed E-state index contributed by atoms with van der Waals surface area (Å²) >= 11 is 6.34. The van der Waals surface area contributed by atoms with Crippen molar-refractivity contribution in [2.24, 2.45) is 0 Å². The minimum absolute atomic E-state index is 0.125. The summed E-state index contributed by atoms with van der Waals surface area (Å²) in [4.78, 5) is 8.15. The van der Waals surface area contributed by atoms with Gasteiger partial charge in [-0.1, -0.05) is 41.9 Å². The highest BCUT2D eigenvalue weighted by molar-refractivity contribution is 6.31. The van der Waals surface area contributed by atoms with E-state index in [1.807, 2.05) is 24.3 Å². The molecule has 1 unspecified atom stereocenters. The summed E-state index contributed by atoms with van der Waals surface area (Å²) in [6.07, 6.45) is 4.99. The van der Waals surface area contributed by atoms with Crippen molar-refractivity contribution in [3.63, 3.8) is 0 Å². The molecule has 0 radical (unpaired) electrons. The Morgan fingerprint density at radius 1 is 0.857 bits per heavy atom. The molecule has 21 heavy (non-hydrogen) atoms. The second-order valence-corrected chi connectivity index (χ2v) is 5.09. The SMILES string of the molecule is Fc1ccc(C(c2cncnc2)c2ccccc2Cl)cc1. The molecule has 0 amide bonds. The van der Waals surface area contributed by atoms with Crippen LogP contribution in [0.15, 0.2) is 67.3 Å². The van der Waals surface area contributed by atoms with Gasteiger partial charge in [-0.15, -0.1) is 0 Å². The first-order valence-electron chi connectivity index (χ1n) is 6.50. The van der Waals surface area contributed by atoms with Crippen LogP contribution in [0.2, 0.25) is 5.02 Å². The summed E-state index contributed by atoms with van der Waals surface area (Å²) in [6, 6.07) is 14.0. The van der Waals surface area contributed by atoms with Crippen molar-refractivity contribution in [2.75, 3.05) is 0 Å². The first-order valence-corrected chi connectivity index (χ1v) is 6.88. The topological polar surface area (TPSA) is 25.8 Å². The summed E-state index contributed by atoms with van der Waals surface area (Å²) in [5.41, 5.74) is 2.80. The molecule has 0 saturated carbocycles. The highest BCUT2D eigenvalue weighted by atomic mass is 35.5. The molecule has 0 aliphatic carbocycles. The molecule has 0 aliphatic heterocycles. The first-order chi connectivity index (χ1) is 10.3. The summed E-state index contributed by atoms with van der Waals surface area (Å²) in [5, 5.41) is 0.663. The Balaban J connectivity index is 2.16. The smallest absolute Gasteiger partial charge is 0.123 e. The number of halogens is 2. The van der Waals surface area contributed by atoms with E-state index >= 15 is 0 Å². The zero-order valence-corrected chi connectivity index (χ0v) is 11.8. The number of aromatic nitrogens is 2. The quantitative estimate of drug-likeness (QED) is 0.714. The van der Waals surface area contributed by atoms with Crippen LogP contribution in [0.25, 0.3) is 0 Å². The van der Waals surface area contributed by atoms with Crippen LogP contribution >= 0.6 is 11.6 Å². The molecular weight excluding hydrogens is 287 g/mol. The molecular formula is C17H12ClFN2. The van der Waals surface area contributed by atoms with Gasteiger partial charge >= 0.3 is 0 Å². The Morgan fingerprint density at radius 3 is 2.19 bits per heavy atom. The Kier molecular flexibility index (Phi) is 3.93. The van der Waals surface area contributed by atoms with Crippen LogP contribution in [0.4, 0.5) is 4.39 Å². The van der Waals surface area contributed by atoms with Crippen LogP contribution in [0.1, 0.15) is 22.6 Å². The molecule has 1 aromatic heterocycles. The molecule has 0 spiro atoms. The second-order valence-electron chi connectivity index (χ2n) is 4.68. The van der Waals surface area contributed by atoms with Crippen molar-refractivity contribution in [3.05, 3.63) is 94.8 Å². The van der Waals surface area contributed by atoms with E-state index in [1.165, 1.54) is 18.5 Å². The van der Waals surface area contributed by atoms with E-state index in [0.717, 1.165) is 16.7 Å². The molecule has 0 bridgehead atoms. The van der Waals surface area contributed by atoms with Crippen molar-refractivity contribution in [2.45, 2.75) is 5.92 Å². The van der Waals surface area contributed by atoms with Gasteiger partial charge in [0.2, 0.25) is 0 Å². The number of hydrogen-bond donors (Lipinski definition) is 0. The van der Waals surface area contributed by atoms with Gasteiger partial charge in [0.25, 0.3) is 0 Å². The lowest BCUT2D eigenvalue weighted by atomic mass is 9.86. The average molecular weight is 299 g/mol. The maximum Gasteiger partial charge on any atom is 0.123 e. The predicted molar refractivity (Wildman–Crippen MR) is 80.8 cm³/mol. The maximum atomic E-state index is 13.2. The Bertz CT molecular complexity index is 729. The van der Waals surface area contributed by atoms with Crippen molar-refractivity contribution in [1.82, 2.24) is 9.97 Å². The zero-order chi connectivity index (χ0) is 14.7. The Morgan fingerprint density at radius 2 is 1.52 bits per heavy atom. The van der Waals surface area contributed by atoms with E-state index in [9.17, 15) is 4.39 Å². The molecule has 1 atom stereocenters. The molecule has 0 fully saturated rings. The Hall–Kier alpha value is -2.26. The largest absolute Gasteiger partial charge is 0.245 e. The number of hydrogen-bond acceptors (Lipinski definition) is 2. The number of rotatable bonds is 3. The fraction of sp³-hybridized carbons (Fsp3) is 0.0588. The summed E-state index contributed by atoms with van der Waals surface area (Å²) < 4.78 is 13.2. The molecule has 2 aromatic carbocycles. The minimum atomic E-state index is -0.263. The van der Waals surface area contributed by atoms with Crippen LogP contribution in [0, 0.1) is 5.82 Å². The van der Waals surface area contributed by atoms with Crippen molar-refractivity contribution < 1.29 is 4.39 Å². The van der Waals surface area contributed by atoms with Gasteiger partial charge in [-0.3, -0.25) is 0 Å². The fourth-order valence-electron chi connectivity index (χ4n) is 2.38. The van der Waals surface area contributed by atoms with Gasteiger partial charge in [0.1, 0.15) is 12.1 Å². The summed E-state index contributed by atoms with van der Waals surface area (Å²) in [7, 11) is 0. The number of nitrogens with zero attached hydrogens (tertiary/aromatic N) is 2. The second kappa shape index (κ2) is 6.02. The zero-order valence-electron chi connectivity index (χ0n) is 11.1. The van der Waals surface area contributed by atoms with E-state index in [0.29, 0.717) is 5.02 Å². The third-order valence-electron chi connectivity index (χ3n) is 3.33. The van der Waals surface area contributed by atoms with Crippen molar-refractivity contribution in [3.8, 4) is 0 Å². The lowest BCUT2D eigenvalue weighted by Gasteiger charge is -2.19. The molecule has 4 heteroatoms. The van der Waals surface area contributed by atoms with Crippen LogP contribution < -0.4 is 0 Å². The van der Waals surface area contributed by atoms with Crippen LogP contribution in [-0.2, 0) is 0 Å². The van der Waals surface area contributed by atoms with Gasteiger partial charge in [0, 0.05) is 28.9 Å². The van der Waals surface area contributed by atoms with Gasteiger partial charge in [0.15, 0.2) is 0 Å². The van der Waals surface area contributed by atoms with E-state index in [2.05, 4.69) is 9.97 Å². The van der Waals surface area contributed by atoms with Gasteiger partial charge in [0.05, 0.1) is 0 Å². The standard InChI is InChI=1S/C17H12ClFN2/c18-16-4-2-1-3-15(16)17(13-9-20-11-21-10-13)12-5-7-14(19)8-6-12/h1-11,17H. The highest BCUT2D eigenvalue weighted by Gasteiger charge is 2.19. The van der Waals surface area contributed by atoms with Crippen LogP contribution in [-0.4, -0.2) is 9.97 Å². The molecule has 0 N–H and O–H groups in total. The molecule has 3 aromatic rings. The summed E-state index contributed by atoms with van der Waals surface area (Å²) in [6.45, 7) is 0. The fourth-order valence-corrected chi connectivity index (χ4v) is 2.62. The molecule has 104 valence electrons. The van der Waals surface area contributed by atoms with E-state index in [4.69, 9.17) is 11.6 Å². The lowest BCUT2D eigenvalue weighted by Crippen LogP contribution is -2.05. The van der Waals surface area contributed by atoms with Crippen molar-refractivity contribution >= 4 is 11.6 Å². The van der Waals surface area contributed by atoms with Crippen molar-refractivity contribution in [1.29, 1.82) is 0 Å². The van der Waals surface area contributed by atoms with Gasteiger partial charge in [-0.25, -0.2) is 14.4 Å². The molecule has 1 heterocycles. The predicted octanol–water partition coefficient (Wildman–Crippen LogP) is 4.45. The molecule has 3 rings (SSSR count). The van der Waals surface area contributed by atoms with E-state index in [1.54, 1.807) is 24.5 Å². The first kappa shape index (κ1) is 13.7. The third kappa shape index (κ3) is 2.93. The summed E-state index contributed by atoms with van der Waals surface area (Å²) in [5.74, 6) is -0.388. The third-order valence-corrected chi connectivity index (χ3v) is 3.68. The van der Waals surface area contributed by atoms with Gasteiger partial charge < -0.3 is 0 Å². The molecule has 0 aliphatic rings. The van der Waals surface area contributed by atoms with Crippen LogP contribution in [0.5, 0.6) is 0 Å². The van der Waals surface area contributed by atoms with Crippen LogP contribution in [0.3, 0.4) is 0 Å². The van der Waals surface area contributed by atoms with E-state index < -0.39 is 0 Å². The normalized spacial score (nSPS) is 12.1. The average Bonchev–Trinajstić information content (AvgIpc) is 2.52. The lowest BCUT2D eigenvalue weighted by molar-refractivity contribution is 0.627. The minimum Gasteiger partial charge on any atom is -0.245 e. The Labute approximate surface area is 127 Å². The monoisotopic (exact) mass is 298 g/mol. The van der Waals surface area contributed by atoms with E-state index in [-0.39, 0.29) is 11.7 Å². The van der Waals surface area contributed by atoms with Gasteiger partial charge in [-0.2, -0.15) is 0 Å². The van der Waals surface area contributed by atoms with Gasteiger partial charge in [-0.05, 0) is 29.3 Å². The maximum absolute atomic E-state index is 13.2. The highest BCUT2D eigenvalue weighted by Crippen LogP contribution is 2.35. The molecule has 2 nitrogen and oxygen atoms in total. The molecule has 0 saturated heterocycles. The number of benzene rings is 2.